The van der Waals surface area contributed by atoms with Gasteiger partial charge in [-0.25, -0.2) is 12.8 Å². The zero-order valence-corrected chi connectivity index (χ0v) is 15.7. The number of hydrogen-bond acceptors (Lipinski definition) is 4. The summed E-state index contributed by atoms with van der Waals surface area (Å²) in [5.41, 5.74) is 0.270. The van der Waals surface area contributed by atoms with Crippen molar-refractivity contribution < 1.29 is 17.6 Å². The molecule has 0 saturated carbocycles. The van der Waals surface area contributed by atoms with Gasteiger partial charge in [-0.05, 0) is 36.6 Å². The first-order valence-electron chi connectivity index (χ1n) is 7.51. The Hall–Kier alpha value is -2.06. The smallest absolute Gasteiger partial charge is 0.262 e. The number of para-hydroxylation sites is 1. The van der Waals surface area contributed by atoms with Gasteiger partial charge in [0.25, 0.3) is 10.0 Å². The Morgan fingerprint density at radius 3 is 2.40 bits per heavy atom. The Balaban J connectivity index is 2.38. The van der Waals surface area contributed by atoms with Gasteiger partial charge in [-0.2, -0.15) is 0 Å². The lowest BCUT2D eigenvalue weighted by molar-refractivity contribution is -0.118. The number of benzene rings is 2. The third-order valence-electron chi connectivity index (χ3n) is 3.38. The van der Waals surface area contributed by atoms with Crippen LogP contribution in [0, 0.1) is 11.7 Å². The molecule has 0 unspecified atom stereocenters. The van der Waals surface area contributed by atoms with E-state index in [-0.39, 0.29) is 22.4 Å². The zero-order chi connectivity index (χ0) is 18.6. The molecule has 0 aliphatic heterocycles. The number of carbonyl (C=O) groups is 1. The minimum Gasteiger partial charge on any atom is -0.325 e. The molecular weight excluding hydrogens is 363 g/mol. The van der Waals surface area contributed by atoms with Crippen molar-refractivity contribution in [1.82, 2.24) is 0 Å². The molecule has 1 amide bonds. The summed E-state index contributed by atoms with van der Waals surface area (Å²) >= 11 is 1.38. The molecule has 0 aliphatic carbocycles. The van der Waals surface area contributed by atoms with Gasteiger partial charge >= 0.3 is 0 Å². The fourth-order valence-electron chi connectivity index (χ4n) is 1.98. The maximum atomic E-state index is 13.7. The number of halogens is 1. The van der Waals surface area contributed by atoms with E-state index < -0.39 is 15.8 Å². The molecule has 25 heavy (non-hydrogen) atoms. The predicted molar refractivity (Wildman–Crippen MR) is 98.9 cm³/mol. The first-order valence-corrected chi connectivity index (χ1v) is 10.2. The summed E-state index contributed by atoms with van der Waals surface area (Å²) in [4.78, 5) is 12.6. The highest BCUT2D eigenvalue weighted by molar-refractivity contribution is 7.98. The van der Waals surface area contributed by atoms with Crippen molar-refractivity contribution in [2.24, 2.45) is 5.92 Å². The van der Waals surface area contributed by atoms with Crippen molar-refractivity contribution >= 4 is 39.1 Å². The van der Waals surface area contributed by atoms with Crippen LogP contribution in [-0.2, 0) is 14.8 Å². The van der Waals surface area contributed by atoms with Crippen molar-refractivity contribution in [1.29, 1.82) is 0 Å². The first kappa shape index (κ1) is 19.3. The zero-order valence-electron chi connectivity index (χ0n) is 14.0. The normalized spacial score (nSPS) is 11.4. The lowest BCUT2D eigenvalue weighted by atomic mass is 10.2. The van der Waals surface area contributed by atoms with Crippen molar-refractivity contribution in [2.75, 3.05) is 16.3 Å². The molecule has 0 spiro atoms. The maximum absolute atomic E-state index is 13.7. The minimum absolute atomic E-state index is 0.0624. The molecule has 8 heteroatoms. The van der Waals surface area contributed by atoms with Gasteiger partial charge in [0.2, 0.25) is 5.91 Å². The van der Waals surface area contributed by atoms with Crippen LogP contribution in [0.3, 0.4) is 0 Å². The van der Waals surface area contributed by atoms with Gasteiger partial charge in [0, 0.05) is 10.8 Å². The predicted octanol–water partition coefficient (Wildman–Crippen LogP) is 3.94. The van der Waals surface area contributed by atoms with E-state index in [1.54, 1.807) is 19.9 Å². The average molecular weight is 382 g/mol. The highest BCUT2D eigenvalue weighted by Crippen LogP contribution is 2.29. The first-order chi connectivity index (χ1) is 11.7. The number of rotatable bonds is 6. The molecule has 0 aliphatic rings. The van der Waals surface area contributed by atoms with Gasteiger partial charge in [0.05, 0.1) is 16.3 Å². The standard InChI is InChI=1S/C17H19FN2O3S2/c1-11(2)17(21)19-15-10-12(8-9-16(15)24-3)25(22,23)20-14-7-5-4-6-13(14)18/h4-11,20H,1-3H3,(H,19,21). The van der Waals surface area contributed by atoms with E-state index in [9.17, 15) is 17.6 Å². The Kier molecular flexibility index (Phi) is 6.07. The second kappa shape index (κ2) is 7.88. The second-order valence-corrected chi connectivity index (χ2v) is 8.12. The molecule has 2 N–H and O–H groups in total. The van der Waals surface area contributed by atoms with Gasteiger partial charge in [0.15, 0.2) is 0 Å². The molecule has 0 saturated heterocycles. The molecule has 0 bridgehead atoms. The highest BCUT2D eigenvalue weighted by atomic mass is 32.2. The van der Waals surface area contributed by atoms with Crippen LogP contribution in [0.25, 0.3) is 0 Å². The van der Waals surface area contributed by atoms with E-state index in [2.05, 4.69) is 10.0 Å². The Labute approximate surface area is 151 Å². The van der Waals surface area contributed by atoms with Crippen molar-refractivity contribution in [2.45, 2.75) is 23.6 Å². The largest absolute Gasteiger partial charge is 0.325 e. The highest BCUT2D eigenvalue weighted by Gasteiger charge is 2.19. The second-order valence-electron chi connectivity index (χ2n) is 5.59. The lowest BCUT2D eigenvalue weighted by Gasteiger charge is -2.14. The molecule has 2 rings (SSSR count). The summed E-state index contributed by atoms with van der Waals surface area (Å²) in [6.45, 7) is 3.49. The van der Waals surface area contributed by atoms with Gasteiger partial charge in [-0.15, -0.1) is 11.8 Å². The lowest BCUT2D eigenvalue weighted by Crippen LogP contribution is -2.19. The number of amides is 1. The molecule has 0 heterocycles. The van der Waals surface area contributed by atoms with Crippen LogP contribution in [0.5, 0.6) is 0 Å². The van der Waals surface area contributed by atoms with E-state index in [1.165, 1.54) is 48.2 Å². The number of hydrogen-bond donors (Lipinski definition) is 2. The Morgan fingerprint density at radius 1 is 1.12 bits per heavy atom. The van der Waals surface area contributed by atoms with Gasteiger partial charge in [-0.1, -0.05) is 26.0 Å². The van der Waals surface area contributed by atoms with E-state index >= 15 is 0 Å². The van der Waals surface area contributed by atoms with Crippen LogP contribution >= 0.6 is 11.8 Å². The summed E-state index contributed by atoms with van der Waals surface area (Å²) < 4.78 is 41.0. The summed E-state index contributed by atoms with van der Waals surface area (Å²) in [7, 11) is -3.99. The van der Waals surface area contributed by atoms with E-state index in [0.717, 1.165) is 4.90 Å². The van der Waals surface area contributed by atoms with Crippen LogP contribution in [0.15, 0.2) is 52.3 Å². The monoisotopic (exact) mass is 382 g/mol. The van der Waals surface area contributed by atoms with Crippen LogP contribution in [0.2, 0.25) is 0 Å². The number of nitrogens with one attached hydrogen (secondary N) is 2. The Morgan fingerprint density at radius 2 is 1.80 bits per heavy atom. The number of carbonyl (C=O) groups excluding carboxylic acids is 1. The third kappa shape index (κ3) is 4.73. The SMILES string of the molecule is CSc1ccc(S(=O)(=O)Nc2ccccc2F)cc1NC(=O)C(C)C. The minimum atomic E-state index is -3.99. The molecule has 0 radical (unpaired) electrons. The van der Waals surface area contributed by atoms with E-state index in [0.29, 0.717) is 5.69 Å². The quantitative estimate of drug-likeness (QED) is 0.742. The van der Waals surface area contributed by atoms with E-state index in [4.69, 9.17) is 0 Å². The fraction of sp³-hybridized carbons (Fsp3) is 0.235. The van der Waals surface area contributed by atoms with Crippen molar-refractivity contribution in [3.05, 3.63) is 48.3 Å². The molecular formula is C17H19FN2O3S2. The van der Waals surface area contributed by atoms with E-state index in [1.807, 2.05) is 6.26 Å². The maximum Gasteiger partial charge on any atom is 0.262 e. The van der Waals surface area contributed by atoms with Crippen LogP contribution < -0.4 is 10.0 Å². The van der Waals surface area contributed by atoms with Crippen LogP contribution in [0.1, 0.15) is 13.8 Å². The number of sulfonamides is 1. The number of anilines is 2. The molecule has 0 fully saturated rings. The van der Waals surface area contributed by atoms with Crippen molar-refractivity contribution in [3.63, 3.8) is 0 Å². The Bertz CT molecular complexity index is 883. The summed E-state index contributed by atoms with van der Waals surface area (Å²) in [5.74, 6) is -1.13. The van der Waals surface area contributed by atoms with Crippen molar-refractivity contribution in [3.8, 4) is 0 Å². The fourth-order valence-corrected chi connectivity index (χ4v) is 3.60. The third-order valence-corrected chi connectivity index (χ3v) is 5.54. The number of thioether (sulfide) groups is 1. The molecule has 0 atom stereocenters. The summed E-state index contributed by atoms with van der Waals surface area (Å²) in [5, 5.41) is 2.72. The molecule has 2 aromatic carbocycles. The van der Waals surface area contributed by atoms with Gasteiger partial charge in [-0.3, -0.25) is 9.52 Å². The van der Waals surface area contributed by atoms with Gasteiger partial charge in [0.1, 0.15) is 5.82 Å². The van der Waals surface area contributed by atoms with Gasteiger partial charge < -0.3 is 5.32 Å². The molecule has 2 aromatic rings. The molecule has 0 aromatic heterocycles. The summed E-state index contributed by atoms with van der Waals surface area (Å²) in [6.07, 6.45) is 1.83. The topological polar surface area (TPSA) is 75.3 Å². The van der Waals surface area contributed by atoms with Crippen LogP contribution in [-0.4, -0.2) is 20.6 Å². The van der Waals surface area contributed by atoms with Crippen LogP contribution in [0.4, 0.5) is 15.8 Å². The molecule has 5 nitrogen and oxygen atoms in total. The summed E-state index contributed by atoms with van der Waals surface area (Å²) in [6, 6.07) is 9.91. The average Bonchev–Trinajstić information content (AvgIpc) is 2.56. The molecule has 134 valence electrons.